The molecular formula is C24H27ClN4O3. The summed E-state index contributed by atoms with van der Waals surface area (Å²) in [5, 5.41) is 8.38. The molecule has 8 heteroatoms. The number of likely N-dealkylation sites (tertiary alicyclic amines) is 1. The van der Waals surface area contributed by atoms with Crippen molar-refractivity contribution in [2.45, 2.75) is 39.3 Å². The van der Waals surface area contributed by atoms with Gasteiger partial charge in [0.2, 0.25) is 5.91 Å². The highest BCUT2D eigenvalue weighted by Gasteiger charge is 2.59. The number of benzene rings is 1. The van der Waals surface area contributed by atoms with Crippen LogP contribution in [0.3, 0.4) is 0 Å². The quantitative estimate of drug-likeness (QED) is 0.543. The molecule has 32 heavy (non-hydrogen) atoms. The Kier molecular flexibility index (Phi) is 5.55. The topological polar surface area (TPSA) is 75.6 Å². The summed E-state index contributed by atoms with van der Waals surface area (Å²) >= 11 is 6.29. The smallest absolute Gasteiger partial charge is 0.226 e. The van der Waals surface area contributed by atoms with Crippen molar-refractivity contribution in [3.8, 4) is 11.3 Å². The van der Waals surface area contributed by atoms with Crippen LogP contribution in [-0.2, 0) is 17.9 Å². The number of amides is 1. The van der Waals surface area contributed by atoms with E-state index in [0.717, 1.165) is 67.4 Å². The number of halogens is 1. The lowest BCUT2D eigenvalue weighted by Crippen LogP contribution is -2.37. The van der Waals surface area contributed by atoms with Gasteiger partial charge in [-0.3, -0.25) is 9.69 Å². The van der Waals surface area contributed by atoms with Gasteiger partial charge in [-0.15, -0.1) is 0 Å². The number of piperidine rings is 1. The highest BCUT2D eigenvalue weighted by Crippen LogP contribution is 2.60. The molecule has 3 heterocycles. The maximum Gasteiger partial charge on any atom is 0.226 e. The normalized spacial score (nSPS) is 19.9. The van der Waals surface area contributed by atoms with Gasteiger partial charge in [0.05, 0.1) is 18.1 Å². The molecular weight excluding hydrogens is 428 g/mol. The van der Waals surface area contributed by atoms with Crippen molar-refractivity contribution < 1.29 is 13.8 Å². The Balaban J connectivity index is 1.14. The van der Waals surface area contributed by atoms with Crippen LogP contribution in [0.15, 0.2) is 45.4 Å². The van der Waals surface area contributed by atoms with Crippen LogP contribution < -0.4 is 0 Å². The van der Waals surface area contributed by atoms with Gasteiger partial charge in [-0.25, -0.2) is 4.63 Å². The largest absolute Gasteiger partial charge is 0.460 e. The van der Waals surface area contributed by atoms with Gasteiger partial charge >= 0.3 is 0 Å². The van der Waals surface area contributed by atoms with E-state index in [1.54, 1.807) is 4.90 Å². The van der Waals surface area contributed by atoms with Gasteiger partial charge in [0.1, 0.15) is 22.9 Å². The standard InChI is InChI=1S/C24H27ClN4O3/c1-16-21(27-32-26-16)15-28(2)23(30)19-13-24(19)9-11-29(12-10-24)14-17-7-8-22(31-17)18-5-3-4-6-20(18)25/h3-8,19H,9-15H2,1-2H3. The third-order valence-corrected chi connectivity index (χ3v) is 7.36. The summed E-state index contributed by atoms with van der Waals surface area (Å²) < 4.78 is 10.8. The highest BCUT2D eigenvalue weighted by atomic mass is 35.5. The van der Waals surface area contributed by atoms with Crippen molar-refractivity contribution in [1.82, 2.24) is 20.1 Å². The lowest BCUT2D eigenvalue weighted by atomic mass is 9.90. The van der Waals surface area contributed by atoms with Crippen LogP contribution in [0.2, 0.25) is 5.02 Å². The number of hydrogen-bond donors (Lipinski definition) is 0. The molecule has 2 fully saturated rings. The molecule has 7 nitrogen and oxygen atoms in total. The van der Waals surface area contributed by atoms with Crippen molar-refractivity contribution >= 4 is 17.5 Å². The van der Waals surface area contributed by atoms with Crippen molar-refractivity contribution in [2.24, 2.45) is 11.3 Å². The monoisotopic (exact) mass is 454 g/mol. The number of aryl methyl sites for hydroxylation is 1. The number of furan rings is 1. The van der Waals surface area contributed by atoms with Crippen LogP contribution >= 0.6 is 11.6 Å². The number of rotatable bonds is 6. The number of carbonyl (C=O) groups excluding carboxylic acids is 1. The van der Waals surface area contributed by atoms with Gasteiger partial charge in [-0.2, -0.15) is 0 Å². The van der Waals surface area contributed by atoms with E-state index >= 15 is 0 Å². The zero-order valence-corrected chi connectivity index (χ0v) is 19.1. The van der Waals surface area contributed by atoms with Gasteiger partial charge in [-0.1, -0.05) is 34.0 Å². The van der Waals surface area contributed by atoms with E-state index in [9.17, 15) is 4.79 Å². The molecule has 1 aliphatic carbocycles. The first-order valence-electron chi connectivity index (χ1n) is 11.0. The zero-order chi connectivity index (χ0) is 22.3. The Morgan fingerprint density at radius 1 is 1.22 bits per heavy atom. The predicted molar refractivity (Wildman–Crippen MR) is 120 cm³/mol. The number of carbonyl (C=O) groups is 1. The molecule has 1 aliphatic heterocycles. The molecule has 0 N–H and O–H groups in total. The minimum Gasteiger partial charge on any atom is -0.460 e. The highest BCUT2D eigenvalue weighted by molar-refractivity contribution is 6.33. The summed E-state index contributed by atoms with van der Waals surface area (Å²) in [6.45, 7) is 5.01. The van der Waals surface area contributed by atoms with E-state index in [4.69, 9.17) is 20.6 Å². The second-order valence-electron chi connectivity index (χ2n) is 9.13. The molecule has 1 amide bonds. The molecule has 2 aromatic heterocycles. The van der Waals surface area contributed by atoms with E-state index in [1.807, 2.05) is 50.4 Å². The van der Waals surface area contributed by atoms with Crippen LogP contribution in [0, 0.1) is 18.3 Å². The summed E-state index contributed by atoms with van der Waals surface area (Å²) in [5.74, 6) is 2.06. The van der Waals surface area contributed by atoms with Crippen LogP contribution in [0.1, 0.15) is 36.4 Å². The van der Waals surface area contributed by atoms with E-state index in [2.05, 4.69) is 15.2 Å². The molecule has 1 unspecified atom stereocenters. The minimum atomic E-state index is 0.116. The maximum atomic E-state index is 13.0. The van der Waals surface area contributed by atoms with Crippen LogP contribution in [0.5, 0.6) is 0 Å². The second kappa shape index (κ2) is 8.37. The Hall–Kier alpha value is -2.64. The molecule has 1 saturated carbocycles. The number of aromatic nitrogens is 2. The average Bonchev–Trinajstić information content (AvgIpc) is 3.07. The van der Waals surface area contributed by atoms with Crippen molar-refractivity contribution in [2.75, 3.05) is 20.1 Å². The molecule has 0 radical (unpaired) electrons. The van der Waals surface area contributed by atoms with Crippen molar-refractivity contribution in [3.63, 3.8) is 0 Å². The zero-order valence-electron chi connectivity index (χ0n) is 18.4. The number of nitrogens with zero attached hydrogens (tertiary/aromatic N) is 4. The van der Waals surface area contributed by atoms with Gasteiger partial charge < -0.3 is 9.32 Å². The Morgan fingerprint density at radius 3 is 2.72 bits per heavy atom. The van der Waals surface area contributed by atoms with Gasteiger partial charge in [0.15, 0.2) is 0 Å². The molecule has 1 saturated heterocycles. The summed E-state index contributed by atoms with van der Waals surface area (Å²) in [6.07, 6.45) is 3.07. The van der Waals surface area contributed by atoms with E-state index < -0.39 is 0 Å². The van der Waals surface area contributed by atoms with E-state index in [-0.39, 0.29) is 17.2 Å². The first-order valence-corrected chi connectivity index (χ1v) is 11.4. The fourth-order valence-corrected chi connectivity index (χ4v) is 5.09. The molecule has 1 atom stereocenters. The Bertz CT molecular complexity index is 1120. The molecule has 5 rings (SSSR count). The van der Waals surface area contributed by atoms with E-state index in [0.29, 0.717) is 11.6 Å². The molecule has 1 spiro atoms. The third-order valence-electron chi connectivity index (χ3n) is 7.03. The fraction of sp³-hybridized carbons (Fsp3) is 0.458. The molecule has 168 valence electrons. The SMILES string of the molecule is Cc1nonc1CN(C)C(=O)C1CC12CCN(Cc1ccc(-c3ccccc3Cl)o1)CC2. The number of hydrogen-bond acceptors (Lipinski definition) is 6. The molecule has 0 bridgehead atoms. The summed E-state index contributed by atoms with van der Waals surface area (Å²) in [7, 11) is 1.84. The fourth-order valence-electron chi connectivity index (χ4n) is 4.86. The summed E-state index contributed by atoms with van der Waals surface area (Å²) in [5.41, 5.74) is 2.53. The second-order valence-corrected chi connectivity index (χ2v) is 9.54. The van der Waals surface area contributed by atoms with Crippen molar-refractivity contribution in [3.05, 3.63) is 58.6 Å². The Labute approximate surface area is 192 Å². The van der Waals surface area contributed by atoms with Gasteiger partial charge in [-0.05, 0) is 69.0 Å². The lowest BCUT2D eigenvalue weighted by molar-refractivity contribution is -0.133. The molecule has 2 aliphatic rings. The first-order chi connectivity index (χ1) is 15.4. The summed E-state index contributed by atoms with van der Waals surface area (Å²) in [4.78, 5) is 17.1. The van der Waals surface area contributed by atoms with Crippen LogP contribution in [-0.4, -0.2) is 46.2 Å². The lowest BCUT2D eigenvalue weighted by Gasteiger charge is -2.32. The Morgan fingerprint density at radius 2 is 2.00 bits per heavy atom. The van der Waals surface area contributed by atoms with Crippen LogP contribution in [0.25, 0.3) is 11.3 Å². The summed E-state index contributed by atoms with van der Waals surface area (Å²) in [6, 6.07) is 11.7. The average molecular weight is 455 g/mol. The third kappa shape index (κ3) is 4.07. The predicted octanol–water partition coefficient (Wildman–Crippen LogP) is 4.55. The van der Waals surface area contributed by atoms with Crippen LogP contribution in [0.4, 0.5) is 0 Å². The first kappa shape index (κ1) is 21.2. The minimum absolute atomic E-state index is 0.116. The molecule has 1 aromatic carbocycles. The van der Waals surface area contributed by atoms with Gasteiger partial charge in [0, 0.05) is 18.5 Å². The van der Waals surface area contributed by atoms with Gasteiger partial charge in [0.25, 0.3) is 0 Å². The van der Waals surface area contributed by atoms with E-state index in [1.165, 1.54) is 0 Å². The van der Waals surface area contributed by atoms with Crippen molar-refractivity contribution in [1.29, 1.82) is 0 Å². The maximum absolute atomic E-state index is 13.0. The molecule has 3 aromatic rings.